The molecule has 3 aromatic rings. The standard InChI is InChI=1S/C32H35F2N5O7/c1-5-44-31(42)23-15-38-17(2)16-45-30-27(38)22(29(23)41)11-25(34)28(30)37-9-8-20(13-37)36(4)26-7-6-19(10-24(26)33)39-14-21(46-32(39)43)12-35-18(3)40/h6-7,10-11,15,17,20-21H,5,8-9,12-14,16H2,1-4H3,(H,35,40)/t17?,20?,21-/m0/s1. The van der Waals surface area contributed by atoms with Crippen molar-refractivity contribution in [2.75, 3.05) is 61.1 Å². The number of nitrogens with zero attached hydrogens (tertiary/aromatic N) is 4. The molecular formula is C32H35F2N5O7. The van der Waals surface area contributed by atoms with Gasteiger partial charge in [-0.05, 0) is 44.5 Å². The van der Waals surface area contributed by atoms with Gasteiger partial charge in [-0.25, -0.2) is 18.4 Å². The molecule has 2 unspecified atom stereocenters. The van der Waals surface area contributed by atoms with E-state index in [0.29, 0.717) is 36.4 Å². The molecule has 1 aromatic heterocycles. The van der Waals surface area contributed by atoms with Crippen LogP contribution in [-0.2, 0) is 14.3 Å². The summed E-state index contributed by atoms with van der Waals surface area (Å²) in [6, 6.07) is 5.22. The van der Waals surface area contributed by atoms with Crippen LogP contribution in [0, 0.1) is 11.6 Å². The number of pyridine rings is 1. The maximum atomic E-state index is 15.9. The normalized spacial score (nSPS) is 20.5. The molecule has 2 fully saturated rings. The Kier molecular flexibility index (Phi) is 8.21. The van der Waals surface area contributed by atoms with Crippen molar-refractivity contribution in [2.24, 2.45) is 0 Å². The van der Waals surface area contributed by atoms with Gasteiger partial charge < -0.3 is 33.9 Å². The van der Waals surface area contributed by atoms with E-state index in [4.69, 9.17) is 14.2 Å². The Morgan fingerprint density at radius 1 is 1.15 bits per heavy atom. The Hall–Kier alpha value is -4.88. The van der Waals surface area contributed by atoms with Gasteiger partial charge in [-0.2, -0.15) is 0 Å². The molecule has 0 bridgehead atoms. The van der Waals surface area contributed by atoms with E-state index in [2.05, 4.69) is 5.32 Å². The molecule has 4 heterocycles. The fraction of sp³-hybridized carbons (Fsp3) is 0.438. The number of amides is 2. The van der Waals surface area contributed by atoms with Gasteiger partial charge in [0.15, 0.2) is 11.6 Å². The number of cyclic esters (lactones) is 1. The Morgan fingerprint density at radius 2 is 1.93 bits per heavy atom. The number of anilines is 3. The lowest BCUT2D eigenvalue weighted by molar-refractivity contribution is -0.119. The lowest BCUT2D eigenvalue weighted by Crippen LogP contribution is -2.36. The number of nitrogens with one attached hydrogen (secondary N) is 1. The molecule has 2 saturated heterocycles. The summed E-state index contributed by atoms with van der Waals surface area (Å²) >= 11 is 0. The lowest BCUT2D eigenvalue weighted by atomic mass is 10.1. The van der Waals surface area contributed by atoms with Gasteiger partial charge in [0.1, 0.15) is 29.8 Å². The molecule has 14 heteroatoms. The monoisotopic (exact) mass is 639 g/mol. The summed E-state index contributed by atoms with van der Waals surface area (Å²) in [4.78, 5) is 54.3. The number of aromatic nitrogens is 1. The molecule has 244 valence electrons. The summed E-state index contributed by atoms with van der Waals surface area (Å²) in [5, 5.41) is 2.65. The largest absolute Gasteiger partial charge is 0.487 e. The Bertz CT molecular complexity index is 1800. The second-order valence-electron chi connectivity index (χ2n) is 11.8. The molecule has 46 heavy (non-hydrogen) atoms. The predicted molar refractivity (Wildman–Crippen MR) is 166 cm³/mol. The van der Waals surface area contributed by atoms with E-state index in [1.807, 2.05) is 11.8 Å². The van der Waals surface area contributed by atoms with Gasteiger partial charge >= 0.3 is 12.1 Å². The summed E-state index contributed by atoms with van der Waals surface area (Å²) < 4.78 is 49.5. The van der Waals surface area contributed by atoms with E-state index in [0.717, 1.165) is 6.07 Å². The average molecular weight is 640 g/mol. The van der Waals surface area contributed by atoms with Crippen LogP contribution in [0.5, 0.6) is 5.75 Å². The number of benzene rings is 2. The number of ether oxygens (including phenoxy) is 3. The first-order valence-corrected chi connectivity index (χ1v) is 15.2. The smallest absolute Gasteiger partial charge is 0.414 e. The number of rotatable bonds is 8. The van der Waals surface area contributed by atoms with Crippen LogP contribution in [0.3, 0.4) is 0 Å². The topological polar surface area (TPSA) is 123 Å². The van der Waals surface area contributed by atoms with Crippen molar-refractivity contribution in [2.45, 2.75) is 45.4 Å². The Labute approximate surface area is 263 Å². The zero-order valence-corrected chi connectivity index (χ0v) is 26.0. The molecule has 12 nitrogen and oxygen atoms in total. The SMILES string of the molecule is CCOC(=O)c1cn2c3c(c(N4CCC(N(C)c5ccc(N6C[C@H](CNC(C)=O)OC6=O)cc5F)C4)c(F)cc3c1=O)OCC2C. The highest BCUT2D eigenvalue weighted by Crippen LogP contribution is 2.43. The summed E-state index contributed by atoms with van der Waals surface area (Å²) in [7, 11) is 1.76. The molecule has 3 atom stereocenters. The van der Waals surface area contributed by atoms with Crippen LogP contribution in [-0.4, -0.2) is 81.1 Å². The van der Waals surface area contributed by atoms with E-state index >= 15 is 8.78 Å². The zero-order valence-electron chi connectivity index (χ0n) is 26.0. The van der Waals surface area contributed by atoms with E-state index in [1.165, 1.54) is 24.1 Å². The first-order chi connectivity index (χ1) is 22.0. The van der Waals surface area contributed by atoms with Crippen molar-refractivity contribution in [3.8, 4) is 5.75 Å². The molecule has 0 saturated carbocycles. The minimum absolute atomic E-state index is 0.0340. The minimum atomic E-state index is -0.764. The molecule has 3 aliphatic heterocycles. The summed E-state index contributed by atoms with van der Waals surface area (Å²) in [6.07, 6.45) is 0.874. The van der Waals surface area contributed by atoms with Crippen LogP contribution in [0.1, 0.15) is 43.6 Å². The highest BCUT2D eigenvalue weighted by Gasteiger charge is 2.36. The van der Waals surface area contributed by atoms with Gasteiger partial charge in [0.25, 0.3) is 0 Å². The number of carbonyl (C=O) groups is 3. The molecular weight excluding hydrogens is 604 g/mol. The van der Waals surface area contributed by atoms with Gasteiger partial charge in [0.2, 0.25) is 11.3 Å². The van der Waals surface area contributed by atoms with Crippen LogP contribution in [0.4, 0.5) is 30.6 Å². The zero-order chi connectivity index (χ0) is 32.9. The third kappa shape index (κ3) is 5.45. The fourth-order valence-corrected chi connectivity index (χ4v) is 6.36. The number of hydrogen-bond donors (Lipinski definition) is 1. The second kappa shape index (κ2) is 12.1. The van der Waals surface area contributed by atoms with Crippen LogP contribution >= 0.6 is 0 Å². The molecule has 0 aliphatic carbocycles. The predicted octanol–water partition coefficient (Wildman–Crippen LogP) is 3.59. The number of carbonyl (C=O) groups excluding carboxylic acids is 3. The van der Waals surface area contributed by atoms with Gasteiger partial charge in [0.05, 0.1) is 48.0 Å². The molecule has 3 aliphatic rings. The summed E-state index contributed by atoms with van der Waals surface area (Å²) in [5.41, 5.74) is 0.472. The van der Waals surface area contributed by atoms with Crippen molar-refractivity contribution < 1.29 is 37.4 Å². The Balaban J connectivity index is 1.24. The van der Waals surface area contributed by atoms with Crippen LogP contribution in [0.2, 0.25) is 0 Å². The van der Waals surface area contributed by atoms with Gasteiger partial charge in [-0.15, -0.1) is 0 Å². The van der Waals surface area contributed by atoms with E-state index in [-0.39, 0.29) is 66.7 Å². The van der Waals surface area contributed by atoms with Crippen molar-refractivity contribution >= 4 is 45.9 Å². The van der Waals surface area contributed by atoms with Crippen molar-refractivity contribution in [3.05, 3.63) is 57.9 Å². The van der Waals surface area contributed by atoms with Crippen molar-refractivity contribution in [3.63, 3.8) is 0 Å². The van der Waals surface area contributed by atoms with Crippen LogP contribution in [0.15, 0.2) is 35.3 Å². The number of esters is 1. The highest BCUT2D eigenvalue weighted by molar-refractivity contribution is 5.98. The molecule has 1 N–H and O–H groups in total. The van der Waals surface area contributed by atoms with Crippen molar-refractivity contribution in [1.29, 1.82) is 0 Å². The third-order valence-corrected chi connectivity index (χ3v) is 8.74. The van der Waals surface area contributed by atoms with Gasteiger partial charge in [-0.3, -0.25) is 14.5 Å². The van der Waals surface area contributed by atoms with E-state index < -0.39 is 35.2 Å². The molecule has 2 amide bonds. The van der Waals surface area contributed by atoms with Crippen LogP contribution < -0.4 is 30.2 Å². The van der Waals surface area contributed by atoms with Crippen molar-refractivity contribution in [1.82, 2.24) is 9.88 Å². The van der Waals surface area contributed by atoms with Crippen LogP contribution in [0.25, 0.3) is 10.9 Å². The highest BCUT2D eigenvalue weighted by atomic mass is 19.1. The lowest BCUT2D eigenvalue weighted by Gasteiger charge is -2.32. The molecule has 2 aromatic carbocycles. The summed E-state index contributed by atoms with van der Waals surface area (Å²) in [6.45, 7) is 6.32. The number of likely N-dealkylation sites (N-methyl/N-ethyl adjacent to an activating group) is 1. The van der Waals surface area contributed by atoms with Gasteiger partial charge in [-0.1, -0.05) is 0 Å². The quantitative estimate of drug-likeness (QED) is 0.369. The number of halogens is 2. The maximum Gasteiger partial charge on any atom is 0.414 e. The first-order valence-electron chi connectivity index (χ1n) is 15.2. The van der Waals surface area contributed by atoms with Gasteiger partial charge in [0, 0.05) is 39.3 Å². The number of hydrogen-bond acceptors (Lipinski definition) is 9. The summed E-state index contributed by atoms with van der Waals surface area (Å²) in [5.74, 6) is -1.97. The second-order valence-corrected chi connectivity index (χ2v) is 11.8. The minimum Gasteiger partial charge on any atom is -0.487 e. The molecule has 0 spiro atoms. The fourth-order valence-electron chi connectivity index (χ4n) is 6.36. The Morgan fingerprint density at radius 3 is 2.65 bits per heavy atom. The van der Waals surface area contributed by atoms with E-state index in [1.54, 1.807) is 35.6 Å². The molecule has 0 radical (unpaired) electrons. The first kappa shape index (κ1) is 31.1. The third-order valence-electron chi connectivity index (χ3n) is 8.74. The molecule has 6 rings (SSSR count). The average Bonchev–Trinajstić information content (AvgIpc) is 3.65. The van der Waals surface area contributed by atoms with E-state index in [9.17, 15) is 19.2 Å². The maximum absolute atomic E-state index is 15.9.